The Kier molecular flexibility index (Phi) is 5.65. The van der Waals surface area contributed by atoms with E-state index in [9.17, 15) is 14.9 Å². The molecule has 22 heavy (non-hydrogen) atoms. The van der Waals surface area contributed by atoms with E-state index in [1.807, 2.05) is 6.92 Å². The number of amides is 1. The minimum Gasteiger partial charge on any atom is -0.495 e. The van der Waals surface area contributed by atoms with Crippen LogP contribution in [0.3, 0.4) is 0 Å². The Morgan fingerprint density at radius 2 is 2.14 bits per heavy atom. The first-order valence-corrected chi connectivity index (χ1v) is 8.24. The molecule has 120 valence electrons. The average Bonchev–Trinajstić information content (AvgIpc) is 2.99. The van der Waals surface area contributed by atoms with Crippen LogP contribution in [0.1, 0.15) is 32.6 Å². The quantitative estimate of drug-likeness (QED) is 0.638. The zero-order chi connectivity index (χ0) is 16.1. The van der Waals surface area contributed by atoms with Gasteiger partial charge in [-0.3, -0.25) is 14.9 Å². The summed E-state index contributed by atoms with van der Waals surface area (Å²) in [6.07, 6.45) is 4.76. The second kappa shape index (κ2) is 7.49. The molecule has 1 atom stereocenters. The van der Waals surface area contributed by atoms with Crippen LogP contribution in [0.15, 0.2) is 18.2 Å². The maximum Gasteiger partial charge on any atom is 0.271 e. The lowest BCUT2D eigenvalue weighted by Gasteiger charge is -2.17. The van der Waals surface area contributed by atoms with Crippen LogP contribution >= 0.6 is 11.8 Å². The van der Waals surface area contributed by atoms with E-state index in [-0.39, 0.29) is 16.8 Å². The summed E-state index contributed by atoms with van der Waals surface area (Å²) in [5, 5.41) is 13.9. The zero-order valence-electron chi connectivity index (χ0n) is 12.7. The van der Waals surface area contributed by atoms with Crippen molar-refractivity contribution in [3.63, 3.8) is 0 Å². The van der Waals surface area contributed by atoms with Crippen molar-refractivity contribution >= 4 is 29.0 Å². The van der Waals surface area contributed by atoms with E-state index < -0.39 is 4.92 Å². The number of nitrogens with one attached hydrogen (secondary N) is 1. The smallest absolute Gasteiger partial charge is 0.271 e. The molecule has 1 aliphatic carbocycles. The van der Waals surface area contributed by atoms with Crippen LogP contribution in [0, 0.1) is 10.1 Å². The van der Waals surface area contributed by atoms with Crippen LogP contribution in [0.25, 0.3) is 0 Å². The second-order valence-electron chi connectivity index (χ2n) is 5.32. The standard InChI is InChI=1S/C15H20N2O4S/c1-10(22-12-5-3-4-6-12)15(18)16-13-9-11(17(19)20)7-8-14(13)21-2/h7-10,12H,3-6H2,1-2H3,(H,16,18). The zero-order valence-corrected chi connectivity index (χ0v) is 13.5. The number of carbonyl (C=O) groups is 1. The van der Waals surface area contributed by atoms with E-state index in [0.717, 1.165) is 12.8 Å². The van der Waals surface area contributed by atoms with Gasteiger partial charge in [0.15, 0.2) is 0 Å². The minimum atomic E-state index is -0.494. The summed E-state index contributed by atoms with van der Waals surface area (Å²) in [4.78, 5) is 22.6. The highest BCUT2D eigenvalue weighted by molar-refractivity contribution is 8.01. The van der Waals surface area contributed by atoms with Gasteiger partial charge in [0.2, 0.25) is 5.91 Å². The van der Waals surface area contributed by atoms with Gasteiger partial charge >= 0.3 is 0 Å². The maximum absolute atomic E-state index is 12.3. The first-order valence-electron chi connectivity index (χ1n) is 7.30. The number of rotatable bonds is 6. The van der Waals surface area contributed by atoms with Crippen molar-refractivity contribution in [3.8, 4) is 5.75 Å². The van der Waals surface area contributed by atoms with Gasteiger partial charge in [0.25, 0.3) is 5.69 Å². The number of non-ortho nitro benzene ring substituents is 1. The molecule has 6 nitrogen and oxygen atoms in total. The molecule has 1 fully saturated rings. The van der Waals surface area contributed by atoms with Gasteiger partial charge in [0.1, 0.15) is 5.75 Å². The number of nitro benzene ring substituents is 1. The molecule has 7 heteroatoms. The first kappa shape index (κ1) is 16.6. The number of hydrogen-bond donors (Lipinski definition) is 1. The van der Waals surface area contributed by atoms with Crippen LogP contribution in [-0.4, -0.2) is 28.4 Å². The highest BCUT2D eigenvalue weighted by atomic mass is 32.2. The van der Waals surface area contributed by atoms with Crippen molar-refractivity contribution in [2.75, 3.05) is 12.4 Å². The van der Waals surface area contributed by atoms with Gasteiger partial charge in [-0.1, -0.05) is 12.8 Å². The third-order valence-corrected chi connectivity index (χ3v) is 5.20. The fourth-order valence-corrected chi connectivity index (χ4v) is 3.88. The van der Waals surface area contributed by atoms with E-state index in [1.54, 1.807) is 11.8 Å². The van der Waals surface area contributed by atoms with Crippen molar-refractivity contribution in [1.29, 1.82) is 0 Å². The molecule has 1 amide bonds. The van der Waals surface area contributed by atoms with E-state index in [0.29, 0.717) is 16.7 Å². The summed E-state index contributed by atoms with van der Waals surface area (Å²) < 4.78 is 5.15. The number of nitro groups is 1. The van der Waals surface area contributed by atoms with Gasteiger partial charge in [0.05, 0.1) is 23.0 Å². The molecule has 0 aromatic heterocycles. The normalized spacial score (nSPS) is 16.3. The Bertz CT molecular complexity index is 558. The van der Waals surface area contributed by atoms with Crippen LogP contribution in [0.4, 0.5) is 11.4 Å². The largest absolute Gasteiger partial charge is 0.495 e. The number of methoxy groups -OCH3 is 1. The summed E-state index contributed by atoms with van der Waals surface area (Å²) in [6.45, 7) is 1.86. The Labute approximate surface area is 133 Å². The molecule has 1 N–H and O–H groups in total. The van der Waals surface area contributed by atoms with Crippen LogP contribution in [-0.2, 0) is 4.79 Å². The number of thioether (sulfide) groups is 1. The molecule has 1 aliphatic rings. The second-order valence-corrected chi connectivity index (χ2v) is 6.96. The monoisotopic (exact) mass is 324 g/mol. The summed E-state index contributed by atoms with van der Waals surface area (Å²) in [7, 11) is 1.47. The Morgan fingerprint density at radius 3 is 2.73 bits per heavy atom. The maximum atomic E-state index is 12.3. The van der Waals surface area contributed by atoms with Crippen LogP contribution in [0.2, 0.25) is 0 Å². The summed E-state index contributed by atoms with van der Waals surface area (Å²) in [6, 6.07) is 4.16. The van der Waals surface area contributed by atoms with Crippen molar-refractivity contribution in [3.05, 3.63) is 28.3 Å². The molecule has 2 rings (SSSR count). The lowest BCUT2D eigenvalue weighted by molar-refractivity contribution is -0.384. The SMILES string of the molecule is COc1ccc([N+](=O)[O-])cc1NC(=O)C(C)SC1CCCC1. The van der Waals surface area contributed by atoms with Crippen LogP contribution < -0.4 is 10.1 Å². The highest BCUT2D eigenvalue weighted by Crippen LogP contribution is 2.34. The number of carbonyl (C=O) groups excluding carboxylic acids is 1. The first-order chi connectivity index (χ1) is 10.5. The average molecular weight is 324 g/mol. The van der Waals surface area contributed by atoms with E-state index >= 15 is 0 Å². The molecular weight excluding hydrogens is 304 g/mol. The van der Waals surface area contributed by atoms with Crippen molar-refractivity contribution in [1.82, 2.24) is 0 Å². The van der Waals surface area contributed by atoms with Crippen molar-refractivity contribution in [2.45, 2.75) is 43.1 Å². The fraction of sp³-hybridized carbons (Fsp3) is 0.533. The van der Waals surface area contributed by atoms with Gasteiger partial charge in [-0.15, -0.1) is 11.8 Å². The predicted molar refractivity (Wildman–Crippen MR) is 87.6 cm³/mol. The fourth-order valence-electron chi connectivity index (χ4n) is 2.52. The van der Waals surface area contributed by atoms with Gasteiger partial charge in [-0.25, -0.2) is 0 Å². The summed E-state index contributed by atoms with van der Waals surface area (Å²) >= 11 is 1.67. The molecule has 0 radical (unpaired) electrons. The minimum absolute atomic E-state index is 0.0767. The number of hydrogen-bond acceptors (Lipinski definition) is 5. The Hall–Kier alpha value is -1.76. The molecule has 0 saturated heterocycles. The van der Waals surface area contributed by atoms with Gasteiger partial charge in [-0.2, -0.15) is 0 Å². The molecular formula is C15H20N2O4S. The lowest BCUT2D eigenvalue weighted by Crippen LogP contribution is -2.24. The molecule has 1 unspecified atom stereocenters. The molecule has 1 aromatic rings. The van der Waals surface area contributed by atoms with Gasteiger partial charge in [0, 0.05) is 17.4 Å². The van der Waals surface area contributed by atoms with Gasteiger partial charge < -0.3 is 10.1 Å². The third-order valence-electron chi connectivity index (χ3n) is 3.72. The number of nitrogens with zero attached hydrogens (tertiary/aromatic N) is 1. The Morgan fingerprint density at radius 1 is 1.45 bits per heavy atom. The van der Waals surface area contributed by atoms with Crippen LogP contribution in [0.5, 0.6) is 5.75 Å². The molecule has 0 aliphatic heterocycles. The summed E-state index contributed by atoms with van der Waals surface area (Å²) in [5.41, 5.74) is 0.257. The summed E-state index contributed by atoms with van der Waals surface area (Å²) in [5.74, 6) is 0.257. The number of ether oxygens (including phenoxy) is 1. The topological polar surface area (TPSA) is 81.5 Å². The molecule has 0 heterocycles. The number of anilines is 1. The van der Waals surface area contributed by atoms with Crippen molar-refractivity contribution < 1.29 is 14.5 Å². The third kappa shape index (κ3) is 4.13. The molecule has 0 spiro atoms. The molecule has 1 aromatic carbocycles. The highest BCUT2D eigenvalue weighted by Gasteiger charge is 2.23. The molecule has 1 saturated carbocycles. The van der Waals surface area contributed by atoms with E-state index in [4.69, 9.17) is 4.74 Å². The molecule has 0 bridgehead atoms. The van der Waals surface area contributed by atoms with Crippen molar-refractivity contribution in [2.24, 2.45) is 0 Å². The lowest BCUT2D eigenvalue weighted by atomic mass is 10.2. The van der Waals surface area contributed by atoms with E-state index in [2.05, 4.69) is 5.32 Å². The van der Waals surface area contributed by atoms with E-state index in [1.165, 1.54) is 38.2 Å². The predicted octanol–water partition coefficient (Wildman–Crippen LogP) is 3.61. The number of benzene rings is 1. The Balaban J connectivity index is 2.05. The van der Waals surface area contributed by atoms with Gasteiger partial charge in [-0.05, 0) is 25.8 Å².